The molecule has 3 heteroatoms. The Labute approximate surface area is 84.3 Å². The van der Waals surface area contributed by atoms with Gasteiger partial charge in [-0.15, -0.1) is 0 Å². The lowest BCUT2D eigenvalue weighted by Gasteiger charge is -2.14. The van der Waals surface area contributed by atoms with Crippen LogP contribution in [0, 0.1) is 0 Å². The van der Waals surface area contributed by atoms with Crippen molar-refractivity contribution >= 4 is 0 Å². The molecule has 76 valence electrons. The fraction of sp³-hybridized carbons (Fsp3) is 0.455. The molecule has 1 heterocycles. The lowest BCUT2D eigenvalue weighted by molar-refractivity contribution is 0.356. The molecule has 2 rings (SSSR count). The van der Waals surface area contributed by atoms with Crippen LogP contribution in [0.1, 0.15) is 17.2 Å². The molecule has 1 unspecified atom stereocenters. The third kappa shape index (κ3) is 1.61. The summed E-state index contributed by atoms with van der Waals surface area (Å²) in [5, 5.41) is 3.19. The Morgan fingerprint density at radius 3 is 3.14 bits per heavy atom. The SMILES string of the molecule is CNC(CN)c1ccc2c(c1)CCO2. The number of likely N-dealkylation sites (N-methyl/N-ethyl adjacent to an activating group) is 1. The van der Waals surface area contributed by atoms with E-state index in [1.165, 1.54) is 11.1 Å². The maximum Gasteiger partial charge on any atom is 0.122 e. The molecule has 1 aromatic carbocycles. The van der Waals surface area contributed by atoms with Crippen molar-refractivity contribution in [3.63, 3.8) is 0 Å². The van der Waals surface area contributed by atoms with Crippen molar-refractivity contribution in [3.05, 3.63) is 29.3 Å². The number of hydrogen-bond donors (Lipinski definition) is 2. The van der Waals surface area contributed by atoms with Gasteiger partial charge in [0.15, 0.2) is 0 Å². The quantitative estimate of drug-likeness (QED) is 0.746. The van der Waals surface area contributed by atoms with Gasteiger partial charge in [-0.25, -0.2) is 0 Å². The summed E-state index contributed by atoms with van der Waals surface area (Å²) in [7, 11) is 1.93. The summed E-state index contributed by atoms with van der Waals surface area (Å²) in [6, 6.07) is 6.56. The Morgan fingerprint density at radius 2 is 2.43 bits per heavy atom. The highest BCUT2D eigenvalue weighted by Gasteiger charge is 2.14. The van der Waals surface area contributed by atoms with E-state index in [0.29, 0.717) is 6.54 Å². The van der Waals surface area contributed by atoms with Crippen molar-refractivity contribution in [1.82, 2.24) is 5.32 Å². The summed E-state index contributed by atoms with van der Waals surface area (Å²) in [6.07, 6.45) is 1.02. The second kappa shape index (κ2) is 3.98. The molecular weight excluding hydrogens is 176 g/mol. The number of nitrogens with two attached hydrogens (primary N) is 1. The minimum Gasteiger partial charge on any atom is -0.493 e. The van der Waals surface area contributed by atoms with Gasteiger partial charge in [0.25, 0.3) is 0 Å². The minimum absolute atomic E-state index is 0.251. The molecule has 3 nitrogen and oxygen atoms in total. The van der Waals surface area contributed by atoms with Crippen LogP contribution in [0.15, 0.2) is 18.2 Å². The van der Waals surface area contributed by atoms with Gasteiger partial charge in [0.1, 0.15) is 5.75 Å². The molecule has 1 aliphatic heterocycles. The van der Waals surface area contributed by atoms with Crippen molar-refractivity contribution in [3.8, 4) is 5.75 Å². The average Bonchev–Trinajstić information content (AvgIpc) is 2.66. The monoisotopic (exact) mass is 192 g/mol. The van der Waals surface area contributed by atoms with Gasteiger partial charge in [0, 0.05) is 19.0 Å². The first-order valence-electron chi connectivity index (χ1n) is 4.98. The summed E-state index contributed by atoms with van der Waals surface area (Å²) >= 11 is 0. The highest BCUT2D eigenvalue weighted by Crippen LogP contribution is 2.27. The molecule has 0 spiro atoms. The highest BCUT2D eigenvalue weighted by molar-refractivity contribution is 5.40. The molecule has 0 aliphatic carbocycles. The zero-order valence-electron chi connectivity index (χ0n) is 8.42. The lowest BCUT2D eigenvalue weighted by Crippen LogP contribution is -2.24. The number of benzene rings is 1. The van der Waals surface area contributed by atoms with E-state index in [4.69, 9.17) is 10.5 Å². The molecule has 0 saturated heterocycles. The molecule has 0 bridgehead atoms. The Kier molecular flexibility index (Phi) is 2.70. The predicted molar refractivity (Wildman–Crippen MR) is 56.5 cm³/mol. The number of fused-ring (bicyclic) bond motifs is 1. The van der Waals surface area contributed by atoms with Crippen molar-refractivity contribution in [2.24, 2.45) is 5.73 Å². The minimum atomic E-state index is 0.251. The fourth-order valence-corrected chi connectivity index (χ4v) is 1.84. The van der Waals surface area contributed by atoms with Gasteiger partial charge in [-0.05, 0) is 24.2 Å². The largest absolute Gasteiger partial charge is 0.493 e. The standard InChI is InChI=1S/C11H16N2O/c1-13-10(7-12)8-2-3-11-9(6-8)4-5-14-11/h2-3,6,10,13H,4-5,7,12H2,1H3. The summed E-state index contributed by atoms with van der Waals surface area (Å²) in [5.41, 5.74) is 8.22. The lowest BCUT2D eigenvalue weighted by atomic mass is 10.0. The van der Waals surface area contributed by atoms with Gasteiger partial charge < -0.3 is 15.8 Å². The predicted octanol–water partition coefficient (Wildman–Crippen LogP) is 0.841. The number of rotatable bonds is 3. The van der Waals surface area contributed by atoms with E-state index in [2.05, 4.69) is 17.4 Å². The van der Waals surface area contributed by atoms with Crippen LogP contribution in [0.5, 0.6) is 5.75 Å². The highest BCUT2D eigenvalue weighted by atomic mass is 16.5. The average molecular weight is 192 g/mol. The maximum absolute atomic E-state index is 5.67. The molecule has 1 aromatic rings. The number of ether oxygens (including phenoxy) is 1. The Balaban J connectivity index is 2.27. The summed E-state index contributed by atoms with van der Waals surface area (Å²) in [6.45, 7) is 1.43. The second-order valence-corrected chi connectivity index (χ2v) is 3.54. The molecule has 0 fully saturated rings. The van der Waals surface area contributed by atoms with Crippen LogP contribution in [-0.2, 0) is 6.42 Å². The third-order valence-corrected chi connectivity index (χ3v) is 2.70. The van der Waals surface area contributed by atoms with Gasteiger partial charge in [-0.1, -0.05) is 12.1 Å². The molecule has 0 radical (unpaired) electrons. The van der Waals surface area contributed by atoms with E-state index in [1.807, 2.05) is 13.1 Å². The molecular formula is C11H16N2O. The molecule has 1 atom stereocenters. The molecule has 0 amide bonds. The van der Waals surface area contributed by atoms with E-state index in [1.54, 1.807) is 0 Å². The van der Waals surface area contributed by atoms with Crippen LogP contribution in [0.4, 0.5) is 0 Å². The zero-order chi connectivity index (χ0) is 9.97. The first-order valence-corrected chi connectivity index (χ1v) is 4.98. The Bertz CT molecular complexity index is 321. The first-order chi connectivity index (χ1) is 6.85. The summed E-state index contributed by atoms with van der Waals surface area (Å²) in [4.78, 5) is 0. The van der Waals surface area contributed by atoms with Crippen LogP contribution < -0.4 is 15.8 Å². The van der Waals surface area contributed by atoms with E-state index in [-0.39, 0.29) is 6.04 Å². The number of hydrogen-bond acceptors (Lipinski definition) is 3. The normalized spacial score (nSPS) is 16.1. The van der Waals surface area contributed by atoms with Crippen LogP contribution >= 0.6 is 0 Å². The molecule has 1 aliphatic rings. The van der Waals surface area contributed by atoms with Crippen molar-refractivity contribution in [2.75, 3.05) is 20.2 Å². The van der Waals surface area contributed by atoms with Gasteiger partial charge in [-0.2, -0.15) is 0 Å². The van der Waals surface area contributed by atoms with Crippen molar-refractivity contribution < 1.29 is 4.74 Å². The van der Waals surface area contributed by atoms with Gasteiger partial charge in [0.2, 0.25) is 0 Å². The van der Waals surface area contributed by atoms with Crippen molar-refractivity contribution in [1.29, 1.82) is 0 Å². The van der Waals surface area contributed by atoms with Crippen LogP contribution in [0.2, 0.25) is 0 Å². The van der Waals surface area contributed by atoms with E-state index in [9.17, 15) is 0 Å². The second-order valence-electron chi connectivity index (χ2n) is 3.54. The number of nitrogens with one attached hydrogen (secondary N) is 1. The van der Waals surface area contributed by atoms with E-state index < -0.39 is 0 Å². The third-order valence-electron chi connectivity index (χ3n) is 2.70. The maximum atomic E-state index is 5.67. The Morgan fingerprint density at radius 1 is 1.57 bits per heavy atom. The first kappa shape index (κ1) is 9.49. The van der Waals surface area contributed by atoms with Gasteiger partial charge >= 0.3 is 0 Å². The molecule has 0 aromatic heterocycles. The van der Waals surface area contributed by atoms with Gasteiger partial charge in [-0.3, -0.25) is 0 Å². The van der Waals surface area contributed by atoms with Crippen LogP contribution in [0.25, 0.3) is 0 Å². The van der Waals surface area contributed by atoms with Crippen LogP contribution in [-0.4, -0.2) is 20.2 Å². The summed E-state index contributed by atoms with van der Waals surface area (Å²) in [5.74, 6) is 1.03. The van der Waals surface area contributed by atoms with E-state index in [0.717, 1.165) is 18.8 Å². The van der Waals surface area contributed by atoms with E-state index >= 15 is 0 Å². The Hall–Kier alpha value is -1.06. The van der Waals surface area contributed by atoms with Crippen LogP contribution in [0.3, 0.4) is 0 Å². The molecule has 0 saturated carbocycles. The molecule has 14 heavy (non-hydrogen) atoms. The zero-order valence-corrected chi connectivity index (χ0v) is 8.42. The smallest absolute Gasteiger partial charge is 0.122 e. The fourth-order valence-electron chi connectivity index (χ4n) is 1.84. The van der Waals surface area contributed by atoms with Gasteiger partial charge in [0.05, 0.1) is 6.61 Å². The topological polar surface area (TPSA) is 47.3 Å². The van der Waals surface area contributed by atoms with Crippen molar-refractivity contribution in [2.45, 2.75) is 12.5 Å². The molecule has 3 N–H and O–H groups in total. The summed E-state index contributed by atoms with van der Waals surface area (Å²) < 4.78 is 5.45.